The van der Waals surface area contributed by atoms with E-state index in [0.717, 1.165) is 29.8 Å². The molecule has 4 saturated heterocycles. The van der Waals surface area contributed by atoms with Gasteiger partial charge in [-0.05, 0) is 29.9 Å². The molecule has 4 aliphatic rings. The quantitative estimate of drug-likeness (QED) is 0.0225. The van der Waals surface area contributed by atoms with Crippen LogP contribution in [-0.2, 0) is 38.1 Å². The third kappa shape index (κ3) is 35.1. The van der Waals surface area contributed by atoms with Crippen LogP contribution in [0, 0.1) is 88.1 Å². The third-order valence-corrected chi connectivity index (χ3v) is 11.6. The topological polar surface area (TPSA) is 456 Å². The summed E-state index contributed by atoms with van der Waals surface area (Å²) in [6.07, 6.45) is -12.9. The Bertz CT molecular complexity index is 1550. The number of allylic oxidation sites excluding steroid dienone is 1. The van der Waals surface area contributed by atoms with Crippen LogP contribution in [0.25, 0.3) is 0 Å². The normalized spacial score (nSPS) is 29.7. The van der Waals surface area contributed by atoms with E-state index in [2.05, 4.69) is 43.7 Å². The van der Waals surface area contributed by atoms with Crippen LogP contribution in [0.4, 0.5) is 0 Å². The van der Waals surface area contributed by atoms with Crippen LogP contribution in [0.3, 0.4) is 0 Å². The van der Waals surface area contributed by atoms with Crippen LogP contribution in [-0.4, -0.2) is 285 Å². The van der Waals surface area contributed by atoms with Crippen LogP contribution in [0.15, 0.2) is 50.6 Å². The van der Waals surface area contributed by atoms with E-state index < -0.39 is 103 Å². The van der Waals surface area contributed by atoms with Crippen LogP contribution in [0.5, 0.6) is 0 Å². The molecule has 0 aromatic carbocycles. The van der Waals surface area contributed by atoms with Crippen molar-refractivity contribution in [2.45, 2.75) is 125 Å². The van der Waals surface area contributed by atoms with Crippen molar-refractivity contribution in [3.63, 3.8) is 0 Å². The second-order valence-electron chi connectivity index (χ2n) is 16.0. The van der Waals surface area contributed by atoms with Crippen LogP contribution in [0.2, 0.25) is 0 Å². The van der Waals surface area contributed by atoms with Crippen molar-refractivity contribution in [2.24, 2.45) is 17.2 Å². The van der Waals surface area contributed by atoms with Crippen LogP contribution >= 0.6 is 36.0 Å². The molecule has 3 amide bonds. The van der Waals surface area contributed by atoms with Crippen molar-refractivity contribution in [3.8, 4) is 0 Å². The van der Waals surface area contributed by atoms with Gasteiger partial charge in [0.05, 0.1) is 26.4 Å². The monoisotopic (exact) mass is 1600 g/mol. The minimum Gasteiger partial charge on any atom is -0.388 e. The van der Waals surface area contributed by atoms with Gasteiger partial charge < -0.3 is 117 Å². The minimum atomic E-state index is -1.41. The molecule has 4 aliphatic heterocycles. The summed E-state index contributed by atoms with van der Waals surface area (Å²) in [6.45, 7) is 19.7. The Kier molecular flexibility index (Phi) is 56.5. The maximum absolute atomic E-state index is 11.7. The molecular weight excluding hydrogens is 1510 g/mol. The van der Waals surface area contributed by atoms with Crippen molar-refractivity contribution in [1.29, 1.82) is 0 Å². The molecule has 32 heteroatoms. The second kappa shape index (κ2) is 50.6. The molecule has 19 N–H and O–H groups in total. The SMILES string of the molecule is C=CC(=O)Cl.C=CCN.C=CCN(C(C)=O)C1OCC(O)C(O)C1O.C=CCN(C(C)=O)C1OCC(O)C(O)C1O.CC(=O)N(CCCSCCN)C1OCC(O)C(O)C1O.NCCS.OC1COC(O)C(O)C1O.[Ac].[Ac]. The van der Waals surface area contributed by atoms with Crippen LogP contribution in [0.1, 0.15) is 27.2 Å². The van der Waals surface area contributed by atoms with Crippen LogP contribution < -0.4 is 17.2 Å². The summed E-state index contributed by atoms with van der Waals surface area (Å²) in [7, 11) is 0. The molecule has 0 spiro atoms. The van der Waals surface area contributed by atoms with E-state index in [1.54, 1.807) is 17.8 Å². The fourth-order valence-corrected chi connectivity index (χ4v) is 6.78. The largest absolute Gasteiger partial charge is 0.388 e. The Balaban J connectivity index is -0.000000279. The maximum atomic E-state index is 11.7. The number of thiol groups is 1. The van der Waals surface area contributed by atoms with Crippen molar-refractivity contribution in [1.82, 2.24) is 14.7 Å². The smallest absolute Gasteiger partial charge is 0.244 e. The summed E-state index contributed by atoms with van der Waals surface area (Å²) < 4.78 is 20.1. The van der Waals surface area contributed by atoms with E-state index >= 15 is 0 Å². The van der Waals surface area contributed by atoms with E-state index in [1.807, 2.05) is 0 Å². The van der Waals surface area contributed by atoms with Gasteiger partial charge in [0, 0.05) is 160 Å². The van der Waals surface area contributed by atoms with Crippen molar-refractivity contribution >= 4 is 59.0 Å². The predicted molar refractivity (Wildman–Crippen MR) is 280 cm³/mol. The zero-order valence-corrected chi connectivity index (χ0v) is 55.8. The maximum Gasteiger partial charge on any atom is 0.244 e. The molecule has 0 saturated carbocycles. The molecule has 0 aliphatic carbocycles. The van der Waals surface area contributed by atoms with Crippen molar-refractivity contribution in [3.05, 3.63) is 50.6 Å². The molecule has 2 radical (unpaired) electrons. The average molecular weight is 1600 g/mol. The number of carbonyl (C=O) groups is 4. The molecule has 16 atom stereocenters. The number of rotatable bonds is 16. The summed E-state index contributed by atoms with van der Waals surface area (Å²) in [5.74, 6) is 1.68. The first-order chi connectivity index (χ1) is 35.2. The number of aliphatic hydroxyl groups is 13. The van der Waals surface area contributed by atoms with E-state index in [9.17, 15) is 65.1 Å². The summed E-state index contributed by atoms with van der Waals surface area (Å²) in [4.78, 5) is 47.6. The number of thioether (sulfide) groups is 1. The van der Waals surface area contributed by atoms with Gasteiger partial charge in [-0.15, -0.1) is 19.7 Å². The number of amides is 3. The van der Waals surface area contributed by atoms with Gasteiger partial charge in [0.15, 0.2) is 25.0 Å². The van der Waals surface area contributed by atoms with E-state index in [1.165, 1.54) is 47.6 Å². The van der Waals surface area contributed by atoms with Gasteiger partial charge in [-0.1, -0.05) is 24.8 Å². The average Bonchev–Trinajstić information content (AvgIpc) is 3.38. The second-order valence-corrected chi connectivity index (χ2v) is 18.1. The Hall–Kier alpha value is 0.113. The third-order valence-electron chi connectivity index (χ3n) is 10.1. The first kappa shape index (κ1) is 85.9. The van der Waals surface area contributed by atoms with Gasteiger partial charge in [0.2, 0.25) is 23.0 Å². The number of hydrogen-bond donors (Lipinski definition) is 17. The molecule has 77 heavy (non-hydrogen) atoms. The van der Waals surface area contributed by atoms with Gasteiger partial charge in [-0.3, -0.25) is 19.2 Å². The molecule has 4 fully saturated rings. The molecular formula is C45H85Ac2ClN6O21S2. The fraction of sp³-hybridized carbons (Fsp3) is 0.733. The number of hydrogen-bond acceptors (Lipinski definition) is 26. The number of nitrogens with two attached hydrogens (primary N) is 3. The predicted octanol–water partition coefficient (Wildman–Crippen LogP) is -6.36. The number of aliphatic hydroxyl groups excluding tert-OH is 13. The zero-order chi connectivity index (χ0) is 58.5. The number of carbonyl (C=O) groups excluding carboxylic acids is 4. The van der Waals surface area contributed by atoms with Gasteiger partial charge in [-0.25, -0.2) is 0 Å². The zero-order valence-electron chi connectivity index (χ0n) is 43.8. The van der Waals surface area contributed by atoms with E-state index in [4.69, 9.17) is 63.4 Å². The summed E-state index contributed by atoms with van der Waals surface area (Å²) in [6, 6.07) is 0. The molecule has 16 unspecified atom stereocenters. The minimum absolute atomic E-state index is 0. The Labute approximate surface area is 536 Å². The van der Waals surface area contributed by atoms with Gasteiger partial charge >= 0.3 is 0 Å². The van der Waals surface area contributed by atoms with Gasteiger partial charge in [-0.2, -0.15) is 24.4 Å². The molecule has 0 bridgehead atoms. The first-order valence-electron chi connectivity index (χ1n) is 23.3. The Morgan fingerprint density at radius 2 is 0.844 bits per heavy atom. The molecule has 0 aromatic heterocycles. The first-order valence-corrected chi connectivity index (χ1v) is 25.4. The number of nitrogens with zero attached hydrogens (tertiary/aromatic N) is 3. The standard InChI is InChI=1S/C12H24N2O5S.2C10H17NO5.C5H10O5.C3H3ClO.C3H7N.C2H7NS.2Ac/c1-8(15)14(4-2-5-20-6-3-13)12-11(18)10(17)9(16)7-19-12;2*1-3-4-11(6(2)12)10-9(15)8(14)7(13)5-16-10;6-2-1-10-5(9)4(8)3(2)7;1-2-3(4)5;1-2-3-4;3-1-2-4;;/h9-12,16-18H,2-7,13H2,1H3;2*3,7-10,13-15H,1,4-5H2,2H3;2-9H,1H2;2H,1H2;2H,1,3-4H2;4H,1-3H2;;. The Morgan fingerprint density at radius 3 is 1.09 bits per heavy atom. The molecule has 446 valence electrons. The molecule has 4 rings (SSSR count). The molecule has 4 heterocycles. The Morgan fingerprint density at radius 1 is 0.545 bits per heavy atom. The van der Waals surface area contributed by atoms with Gasteiger partial charge in [0.25, 0.3) is 0 Å². The molecule has 27 nitrogen and oxygen atoms in total. The summed E-state index contributed by atoms with van der Waals surface area (Å²) >= 11 is 10.2. The van der Waals surface area contributed by atoms with E-state index in [0.29, 0.717) is 26.2 Å². The number of ether oxygens (including phenoxy) is 4. The van der Waals surface area contributed by atoms with Crippen molar-refractivity contribution < 1.29 is 193 Å². The van der Waals surface area contributed by atoms with Crippen molar-refractivity contribution in [2.75, 3.05) is 83.0 Å². The van der Waals surface area contributed by atoms with E-state index in [-0.39, 0.29) is 145 Å². The summed E-state index contributed by atoms with van der Waals surface area (Å²) in [5, 5.41) is 121. The summed E-state index contributed by atoms with van der Waals surface area (Å²) in [5.41, 5.74) is 15.3. The van der Waals surface area contributed by atoms with Gasteiger partial charge in [0.1, 0.15) is 73.2 Å². The number of halogens is 1. The molecule has 0 aromatic rings. The fourth-order valence-electron chi connectivity index (χ4n) is 6.07.